The molecule has 0 unspecified atom stereocenters. The van der Waals surface area contributed by atoms with Gasteiger partial charge in [-0.1, -0.05) is 0 Å². The van der Waals surface area contributed by atoms with E-state index in [1.807, 2.05) is 12.2 Å². The van der Waals surface area contributed by atoms with Crippen molar-refractivity contribution in [1.29, 1.82) is 0 Å². The smallest absolute Gasteiger partial charge is 0.294 e. The summed E-state index contributed by atoms with van der Waals surface area (Å²) in [5, 5.41) is 13.1. The summed E-state index contributed by atoms with van der Waals surface area (Å²) in [7, 11) is 2.94. The van der Waals surface area contributed by atoms with E-state index in [1.165, 1.54) is 43.3 Å². The molecule has 0 fully saturated rings. The minimum absolute atomic E-state index is 0.0724. The molecule has 3 rings (SSSR count). The number of ether oxygens (including phenoxy) is 1. The van der Waals surface area contributed by atoms with Crippen LogP contribution in [-0.2, 0) is 16.0 Å². The zero-order chi connectivity index (χ0) is 25.7. The third-order valence-corrected chi connectivity index (χ3v) is 4.78. The number of nitrogens with one attached hydrogen (secondary N) is 1. The van der Waals surface area contributed by atoms with E-state index >= 15 is 0 Å². The van der Waals surface area contributed by atoms with Crippen LogP contribution in [0.1, 0.15) is 33.5 Å². The van der Waals surface area contributed by atoms with Crippen molar-refractivity contribution in [2.24, 2.45) is 0 Å². The van der Waals surface area contributed by atoms with Gasteiger partial charge in [0.05, 0.1) is 34.7 Å². The summed E-state index contributed by atoms with van der Waals surface area (Å²) in [6.45, 7) is 2.26. The Bertz CT molecular complexity index is 1340. The SMILES string of the molecule is CCOc1ccc(C(=O)NC(=O)C(=O)Cc2nc3cc([N+](=O)[O-])ccc3nc2C(=O)N(C)C)cc1. The summed E-state index contributed by atoms with van der Waals surface area (Å²) < 4.78 is 5.29. The van der Waals surface area contributed by atoms with Crippen molar-refractivity contribution in [1.82, 2.24) is 20.2 Å². The maximum Gasteiger partial charge on any atom is 0.294 e. The van der Waals surface area contributed by atoms with Crippen molar-refractivity contribution in [3.8, 4) is 5.75 Å². The molecule has 0 saturated carbocycles. The minimum atomic E-state index is -1.20. The number of aromatic nitrogens is 2. The van der Waals surface area contributed by atoms with Gasteiger partial charge in [-0.15, -0.1) is 0 Å². The molecule has 3 amide bonds. The van der Waals surface area contributed by atoms with Gasteiger partial charge in [0.2, 0.25) is 5.78 Å². The van der Waals surface area contributed by atoms with Crippen molar-refractivity contribution < 1.29 is 28.8 Å². The fourth-order valence-electron chi connectivity index (χ4n) is 3.05. The number of imide groups is 1. The van der Waals surface area contributed by atoms with E-state index in [-0.39, 0.29) is 33.7 Å². The Balaban J connectivity index is 1.85. The molecule has 12 heteroatoms. The van der Waals surface area contributed by atoms with E-state index in [0.717, 1.165) is 6.07 Å². The lowest BCUT2D eigenvalue weighted by Crippen LogP contribution is -2.37. The zero-order valence-electron chi connectivity index (χ0n) is 19.1. The van der Waals surface area contributed by atoms with Crippen LogP contribution in [0.3, 0.4) is 0 Å². The Morgan fingerprint density at radius 3 is 2.31 bits per heavy atom. The topological polar surface area (TPSA) is 162 Å². The summed E-state index contributed by atoms with van der Waals surface area (Å²) >= 11 is 0. The van der Waals surface area contributed by atoms with Gasteiger partial charge in [-0.05, 0) is 37.3 Å². The summed E-state index contributed by atoms with van der Waals surface area (Å²) in [4.78, 5) is 70.0. The highest BCUT2D eigenvalue weighted by Gasteiger charge is 2.25. The monoisotopic (exact) mass is 479 g/mol. The molecule has 1 heterocycles. The molecule has 3 aromatic rings. The number of hydrogen-bond acceptors (Lipinski definition) is 9. The van der Waals surface area contributed by atoms with E-state index in [2.05, 4.69) is 9.97 Å². The molecule has 0 spiro atoms. The Labute approximate surface area is 199 Å². The summed E-state index contributed by atoms with van der Waals surface area (Å²) in [5.74, 6) is -3.08. The lowest BCUT2D eigenvalue weighted by atomic mass is 10.1. The average molecular weight is 479 g/mol. The highest BCUT2D eigenvalue weighted by Crippen LogP contribution is 2.20. The van der Waals surface area contributed by atoms with Crippen LogP contribution in [0.4, 0.5) is 5.69 Å². The number of non-ortho nitro benzene ring substituents is 1. The summed E-state index contributed by atoms with van der Waals surface area (Å²) in [6.07, 6.45) is -0.650. The summed E-state index contributed by atoms with van der Waals surface area (Å²) in [6, 6.07) is 9.67. The fraction of sp³-hybridized carbons (Fsp3) is 0.217. The van der Waals surface area contributed by atoms with Crippen LogP contribution < -0.4 is 10.1 Å². The molecule has 1 aromatic heterocycles. The van der Waals surface area contributed by atoms with E-state index in [4.69, 9.17) is 4.74 Å². The van der Waals surface area contributed by atoms with Gasteiger partial charge in [0.1, 0.15) is 5.75 Å². The normalized spacial score (nSPS) is 10.5. The number of nitrogens with zero attached hydrogens (tertiary/aromatic N) is 4. The first-order valence-electron chi connectivity index (χ1n) is 10.4. The van der Waals surface area contributed by atoms with Gasteiger partial charge in [0.25, 0.3) is 23.4 Å². The second-order valence-corrected chi connectivity index (χ2v) is 7.49. The number of benzene rings is 2. The number of nitro groups is 1. The Morgan fingerprint density at radius 1 is 1.03 bits per heavy atom. The maximum atomic E-state index is 12.6. The van der Waals surface area contributed by atoms with E-state index in [0.29, 0.717) is 12.4 Å². The second-order valence-electron chi connectivity index (χ2n) is 7.49. The van der Waals surface area contributed by atoms with Crippen LogP contribution in [0.15, 0.2) is 42.5 Å². The van der Waals surface area contributed by atoms with E-state index in [1.54, 1.807) is 12.1 Å². The first-order valence-corrected chi connectivity index (χ1v) is 10.4. The first-order chi connectivity index (χ1) is 16.6. The minimum Gasteiger partial charge on any atom is -0.494 e. The van der Waals surface area contributed by atoms with Crippen LogP contribution in [0.2, 0.25) is 0 Å². The quantitative estimate of drug-likeness (QED) is 0.288. The molecule has 0 atom stereocenters. The van der Waals surface area contributed by atoms with Gasteiger partial charge >= 0.3 is 0 Å². The average Bonchev–Trinajstić information content (AvgIpc) is 2.83. The number of Topliss-reactive ketones (excluding diaryl/α,β-unsaturated/α-hetero) is 1. The molecular weight excluding hydrogens is 458 g/mol. The number of fused-ring (bicyclic) bond motifs is 1. The van der Waals surface area contributed by atoms with Gasteiger partial charge in [-0.3, -0.25) is 34.6 Å². The molecule has 1 N–H and O–H groups in total. The molecule has 2 aromatic carbocycles. The molecule has 0 bridgehead atoms. The number of nitro benzene ring substituents is 1. The lowest BCUT2D eigenvalue weighted by molar-refractivity contribution is -0.384. The van der Waals surface area contributed by atoms with Crippen LogP contribution in [-0.4, -0.2) is 64.0 Å². The number of ketones is 1. The molecular formula is C23H21N5O7. The number of hydrogen-bond donors (Lipinski definition) is 1. The van der Waals surface area contributed by atoms with Gasteiger partial charge in [-0.2, -0.15) is 0 Å². The van der Waals surface area contributed by atoms with Crippen LogP contribution >= 0.6 is 0 Å². The predicted octanol–water partition coefficient (Wildman–Crippen LogP) is 1.71. The van der Waals surface area contributed by atoms with Crippen LogP contribution in [0.25, 0.3) is 11.0 Å². The molecule has 0 aliphatic heterocycles. The first kappa shape index (κ1) is 24.9. The number of carbonyl (C=O) groups excluding carboxylic acids is 4. The number of amides is 3. The third-order valence-electron chi connectivity index (χ3n) is 4.78. The Hall–Kier alpha value is -4.74. The highest BCUT2D eigenvalue weighted by atomic mass is 16.6. The van der Waals surface area contributed by atoms with Gasteiger partial charge in [0, 0.05) is 31.8 Å². The van der Waals surface area contributed by atoms with Gasteiger partial charge < -0.3 is 9.64 Å². The Morgan fingerprint density at radius 2 is 1.71 bits per heavy atom. The number of rotatable bonds is 8. The largest absolute Gasteiger partial charge is 0.494 e. The Kier molecular flexibility index (Phi) is 7.44. The van der Waals surface area contributed by atoms with E-state index < -0.39 is 34.8 Å². The lowest BCUT2D eigenvalue weighted by Gasteiger charge is -2.13. The molecule has 0 aliphatic carbocycles. The molecule has 0 saturated heterocycles. The predicted molar refractivity (Wildman–Crippen MR) is 123 cm³/mol. The van der Waals surface area contributed by atoms with Crippen LogP contribution in [0.5, 0.6) is 5.75 Å². The molecule has 0 aliphatic rings. The molecule has 12 nitrogen and oxygen atoms in total. The standard InChI is InChI=1S/C23H21N5O7/c1-4-35-15-8-5-13(6-9-15)21(30)26-22(31)19(29)12-18-20(23(32)27(2)3)25-16-10-7-14(28(33)34)11-17(16)24-18/h5-11H,4,12H2,1-3H3,(H,26,30,31). The molecule has 35 heavy (non-hydrogen) atoms. The highest BCUT2D eigenvalue weighted by molar-refractivity contribution is 6.39. The van der Waals surface area contributed by atoms with Gasteiger partial charge in [0.15, 0.2) is 5.69 Å². The fourth-order valence-corrected chi connectivity index (χ4v) is 3.05. The molecule has 0 radical (unpaired) electrons. The van der Waals surface area contributed by atoms with E-state index in [9.17, 15) is 29.3 Å². The van der Waals surface area contributed by atoms with Crippen molar-refractivity contribution in [3.63, 3.8) is 0 Å². The van der Waals surface area contributed by atoms with Crippen LogP contribution in [0, 0.1) is 10.1 Å². The van der Waals surface area contributed by atoms with Crippen molar-refractivity contribution in [3.05, 3.63) is 69.5 Å². The second kappa shape index (κ2) is 10.5. The van der Waals surface area contributed by atoms with Crippen molar-refractivity contribution in [2.45, 2.75) is 13.3 Å². The number of carbonyl (C=O) groups is 4. The molecule has 180 valence electrons. The maximum absolute atomic E-state index is 12.6. The van der Waals surface area contributed by atoms with Gasteiger partial charge in [-0.25, -0.2) is 9.97 Å². The zero-order valence-corrected chi connectivity index (χ0v) is 19.1. The van der Waals surface area contributed by atoms with Crippen molar-refractivity contribution in [2.75, 3.05) is 20.7 Å². The van der Waals surface area contributed by atoms with Crippen molar-refractivity contribution >= 4 is 40.2 Å². The summed E-state index contributed by atoms with van der Waals surface area (Å²) in [5.41, 5.74) is -0.179. The third kappa shape index (κ3) is 5.79.